The van der Waals surface area contributed by atoms with Crippen molar-refractivity contribution in [2.75, 3.05) is 24.3 Å². The van der Waals surface area contributed by atoms with Gasteiger partial charge >= 0.3 is 0 Å². The van der Waals surface area contributed by atoms with Crippen LogP contribution in [0.1, 0.15) is 6.92 Å². The first-order chi connectivity index (χ1) is 9.65. The van der Waals surface area contributed by atoms with Gasteiger partial charge in [-0.1, -0.05) is 11.6 Å². The van der Waals surface area contributed by atoms with Gasteiger partial charge in [0.05, 0.1) is 12.1 Å². The van der Waals surface area contributed by atoms with Gasteiger partial charge in [-0.15, -0.1) is 0 Å². The molecule has 0 saturated heterocycles. The third-order valence-electron chi connectivity index (χ3n) is 2.53. The van der Waals surface area contributed by atoms with Gasteiger partial charge in [-0.3, -0.25) is 0 Å². The fourth-order valence-electron chi connectivity index (χ4n) is 1.66. The van der Waals surface area contributed by atoms with E-state index in [2.05, 4.69) is 20.6 Å². The van der Waals surface area contributed by atoms with Crippen molar-refractivity contribution in [1.82, 2.24) is 9.97 Å². The van der Waals surface area contributed by atoms with Crippen LogP contribution in [0.5, 0.6) is 5.75 Å². The largest absolute Gasteiger partial charge is 0.490 e. The van der Waals surface area contributed by atoms with Crippen molar-refractivity contribution in [1.29, 1.82) is 0 Å². The lowest BCUT2D eigenvalue weighted by Crippen LogP contribution is -2.05. The number of rotatable bonds is 5. The molecule has 2 aromatic rings. The highest BCUT2D eigenvalue weighted by Crippen LogP contribution is 2.31. The van der Waals surface area contributed by atoms with E-state index in [0.717, 1.165) is 0 Å². The molecule has 0 unspecified atom stereocenters. The molecular formula is C13H14ClFN4O. The van der Waals surface area contributed by atoms with Crippen molar-refractivity contribution in [3.05, 3.63) is 35.4 Å². The number of anilines is 3. The van der Waals surface area contributed by atoms with Crippen molar-refractivity contribution in [2.24, 2.45) is 0 Å². The van der Waals surface area contributed by atoms with E-state index in [1.807, 2.05) is 6.92 Å². The monoisotopic (exact) mass is 296 g/mol. The van der Waals surface area contributed by atoms with E-state index in [-0.39, 0.29) is 5.02 Å². The summed E-state index contributed by atoms with van der Waals surface area (Å²) in [6, 6.07) is 4.32. The summed E-state index contributed by atoms with van der Waals surface area (Å²) in [7, 11) is 1.53. The molecule has 0 amide bonds. The maximum absolute atomic E-state index is 13.1. The van der Waals surface area contributed by atoms with Gasteiger partial charge in [-0.05, 0) is 25.1 Å². The highest BCUT2D eigenvalue weighted by Gasteiger charge is 2.12. The molecule has 0 radical (unpaired) electrons. The van der Waals surface area contributed by atoms with Crippen LogP contribution in [0.25, 0.3) is 0 Å². The first kappa shape index (κ1) is 14.3. The van der Waals surface area contributed by atoms with Gasteiger partial charge < -0.3 is 15.4 Å². The molecule has 5 nitrogen and oxygen atoms in total. The Balaban J connectivity index is 2.32. The number of aromatic nitrogens is 2. The van der Waals surface area contributed by atoms with Crippen molar-refractivity contribution < 1.29 is 9.13 Å². The average Bonchev–Trinajstić information content (AvgIpc) is 2.44. The van der Waals surface area contributed by atoms with Crippen molar-refractivity contribution in [2.45, 2.75) is 6.92 Å². The summed E-state index contributed by atoms with van der Waals surface area (Å²) < 4.78 is 18.4. The van der Waals surface area contributed by atoms with Crippen LogP contribution in [0.2, 0.25) is 5.02 Å². The standard InChI is InChI=1S/C13H14ClFN4O/c1-3-16-12-11(20-2)13(18-7-17-12)19-8-4-5-10(15)9(14)6-8/h4-7H,3H2,1-2H3,(H2,16,17,18,19). The molecule has 7 heteroatoms. The maximum Gasteiger partial charge on any atom is 0.204 e. The van der Waals surface area contributed by atoms with Crippen molar-refractivity contribution in [3.63, 3.8) is 0 Å². The Morgan fingerprint density at radius 2 is 2.05 bits per heavy atom. The Labute approximate surface area is 121 Å². The van der Waals surface area contributed by atoms with E-state index >= 15 is 0 Å². The SMILES string of the molecule is CCNc1ncnc(Nc2ccc(F)c(Cl)c2)c1OC. The summed E-state index contributed by atoms with van der Waals surface area (Å²) in [6.07, 6.45) is 1.41. The lowest BCUT2D eigenvalue weighted by molar-refractivity contribution is 0.415. The number of nitrogens with one attached hydrogen (secondary N) is 2. The molecule has 0 aliphatic rings. The third kappa shape index (κ3) is 3.08. The lowest BCUT2D eigenvalue weighted by atomic mass is 10.3. The summed E-state index contributed by atoms with van der Waals surface area (Å²) in [5.74, 6) is 1.07. The summed E-state index contributed by atoms with van der Waals surface area (Å²) in [5, 5.41) is 6.13. The fraction of sp³-hybridized carbons (Fsp3) is 0.231. The molecule has 0 spiro atoms. The second kappa shape index (κ2) is 6.38. The number of ether oxygens (including phenoxy) is 1. The van der Waals surface area contributed by atoms with E-state index in [9.17, 15) is 4.39 Å². The number of nitrogens with zero attached hydrogens (tertiary/aromatic N) is 2. The minimum absolute atomic E-state index is 0.0370. The summed E-state index contributed by atoms with van der Waals surface area (Å²) in [6.45, 7) is 2.66. The van der Waals surface area contributed by atoms with Crippen LogP contribution in [0, 0.1) is 5.82 Å². The molecule has 0 bridgehead atoms. The predicted octanol–water partition coefficient (Wildman–Crippen LogP) is 3.45. The summed E-state index contributed by atoms with van der Waals surface area (Å²) in [4.78, 5) is 8.22. The smallest absolute Gasteiger partial charge is 0.204 e. The first-order valence-corrected chi connectivity index (χ1v) is 6.38. The molecule has 2 N–H and O–H groups in total. The third-order valence-corrected chi connectivity index (χ3v) is 2.82. The Bertz CT molecular complexity index is 609. The van der Waals surface area contributed by atoms with Crippen LogP contribution < -0.4 is 15.4 Å². The summed E-state index contributed by atoms with van der Waals surface area (Å²) >= 11 is 5.74. The average molecular weight is 297 g/mol. The Morgan fingerprint density at radius 3 is 2.70 bits per heavy atom. The molecular weight excluding hydrogens is 283 g/mol. The van der Waals surface area contributed by atoms with Crippen LogP contribution in [0.4, 0.5) is 21.7 Å². The molecule has 0 saturated carbocycles. The zero-order valence-electron chi connectivity index (χ0n) is 11.1. The van der Waals surface area contributed by atoms with Gasteiger partial charge in [0.15, 0.2) is 11.6 Å². The fourth-order valence-corrected chi connectivity index (χ4v) is 1.84. The van der Waals surface area contributed by atoms with E-state index in [4.69, 9.17) is 16.3 Å². The molecule has 0 aliphatic carbocycles. The van der Waals surface area contributed by atoms with Gasteiger partial charge in [0.2, 0.25) is 5.75 Å². The maximum atomic E-state index is 13.1. The molecule has 0 atom stereocenters. The topological polar surface area (TPSA) is 59.1 Å². The van der Waals surface area contributed by atoms with Gasteiger partial charge in [-0.25, -0.2) is 14.4 Å². The van der Waals surface area contributed by atoms with E-state index in [1.54, 1.807) is 6.07 Å². The van der Waals surface area contributed by atoms with Gasteiger partial charge in [-0.2, -0.15) is 0 Å². The second-order valence-electron chi connectivity index (χ2n) is 3.89. The van der Waals surface area contributed by atoms with E-state index in [0.29, 0.717) is 29.6 Å². The number of halogens is 2. The molecule has 0 fully saturated rings. The highest BCUT2D eigenvalue weighted by atomic mass is 35.5. The molecule has 20 heavy (non-hydrogen) atoms. The van der Waals surface area contributed by atoms with Crippen molar-refractivity contribution >= 4 is 28.9 Å². The first-order valence-electron chi connectivity index (χ1n) is 6.00. The number of methoxy groups -OCH3 is 1. The Kier molecular flexibility index (Phi) is 4.57. The molecule has 1 heterocycles. The summed E-state index contributed by atoms with van der Waals surface area (Å²) in [5.41, 5.74) is 0.607. The van der Waals surface area contributed by atoms with Gasteiger partial charge in [0, 0.05) is 12.2 Å². The van der Waals surface area contributed by atoms with E-state index < -0.39 is 5.82 Å². The quantitative estimate of drug-likeness (QED) is 0.885. The minimum atomic E-state index is -0.472. The Hall–Kier alpha value is -2.08. The second-order valence-corrected chi connectivity index (χ2v) is 4.30. The van der Waals surface area contributed by atoms with Crippen LogP contribution in [0.15, 0.2) is 24.5 Å². The van der Waals surface area contributed by atoms with Gasteiger partial charge in [0.25, 0.3) is 0 Å². The zero-order valence-corrected chi connectivity index (χ0v) is 11.8. The zero-order chi connectivity index (χ0) is 14.5. The van der Waals surface area contributed by atoms with Crippen molar-refractivity contribution in [3.8, 4) is 5.75 Å². The molecule has 1 aromatic carbocycles. The molecule has 106 valence electrons. The van der Waals surface area contributed by atoms with Crippen LogP contribution in [-0.2, 0) is 0 Å². The van der Waals surface area contributed by atoms with Gasteiger partial charge in [0.1, 0.15) is 12.1 Å². The number of hydrogen-bond donors (Lipinski definition) is 2. The minimum Gasteiger partial charge on any atom is -0.490 e. The highest BCUT2D eigenvalue weighted by molar-refractivity contribution is 6.31. The van der Waals surface area contributed by atoms with E-state index in [1.165, 1.54) is 25.6 Å². The number of benzene rings is 1. The predicted molar refractivity (Wildman–Crippen MR) is 77.4 cm³/mol. The van der Waals surface area contributed by atoms with Crippen LogP contribution >= 0.6 is 11.6 Å². The Morgan fingerprint density at radius 1 is 1.30 bits per heavy atom. The van der Waals surface area contributed by atoms with Crippen LogP contribution in [-0.4, -0.2) is 23.6 Å². The molecule has 1 aromatic heterocycles. The normalized spacial score (nSPS) is 10.2. The van der Waals surface area contributed by atoms with Crippen LogP contribution in [0.3, 0.4) is 0 Å². The lowest BCUT2D eigenvalue weighted by Gasteiger charge is -2.13. The number of hydrogen-bond acceptors (Lipinski definition) is 5. The molecule has 2 rings (SSSR count). The molecule has 0 aliphatic heterocycles.